The molecule has 0 bridgehead atoms. The molecule has 0 heterocycles. The van der Waals surface area contributed by atoms with Crippen molar-refractivity contribution in [1.29, 1.82) is 0 Å². The second kappa shape index (κ2) is 12.4. The maximum Gasteiger partial charge on any atom is 0.257 e. The van der Waals surface area contributed by atoms with Crippen molar-refractivity contribution >= 4 is 29.1 Å². The van der Waals surface area contributed by atoms with Crippen LogP contribution in [0.25, 0.3) is 0 Å². The predicted molar refractivity (Wildman–Crippen MR) is 133 cm³/mol. The standard InChI is InChI=1S/C26H27N3O3S/c27-24(30)14-16-29(19-21-10-5-2-6-11-21)26(33)28-25(31)22-12-7-13-23(18-22)32-17-15-20-8-3-1-4-9-20/h1-13,18H,14-17,19H2,(H2,27,30)(H,28,31,33). The van der Waals surface area contributed by atoms with Crippen LogP contribution in [-0.2, 0) is 17.8 Å². The van der Waals surface area contributed by atoms with Gasteiger partial charge in [-0.3, -0.25) is 14.9 Å². The second-order valence-corrected chi connectivity index (χ2v) is 7.88. The van der Waals surface area contributed by atoms with Crippen LogP contribution in [0, 0.1) is 0 Å². The van der Waals surface area contributed by atoms with Crippen LogP contribution in [0.5, 0.6) is 5.75 Å². The maximum atomic E-state index is 12.8. The highest BCUT2D eigenvalue weighted by Gasteiger charge is 2.16. The molecule has 3 N–H and O–H groups in total. The van der Waals surface area contributed by atoms with Gasteiger partial charge in [-0.1, -0.05) is 66.7 Å². The van der Waals surface area contributed by atoms with Crippen molar-refractivity contribution in [2.24, 2.45) is 5.73 Å². The van der Waals surface area contributed by atoms with Gasteiger partial charge in [0.05, 0.1) is 6.61 Å². The van der Waals surface area contributed by atoms with E-state index >= 15 is 0 Å². The van der Waals surface area contributed by atoms with Gasteiger partial charge in [-0.15, -0.1) is 0 Å². The van der Waals surface area contributed by atoms with Crippen molar-refractivity contribution in [3.8, 4) is 5.75 Å². The molecular formula is C26H27N3O3S. The van der Waals surface area contributed by atoms with Gasteiger partial charge in [0, 0.05) is 31.5 Å². The van der Waals surface area contributed by atoms with Crippen LogP contribution >= 0.6 is 12.2 Å². The predicted octanol–water partition coefficient (Wildman–Crippen LogP) is 3.70. The molecule has 0 spiro atoms. The third kappa shape index (κ3) is 8.05. The number of benzene rings is 3. The fourth-order valence-corrected chi connectivity index (χ4v) is 3.46. The first kappa shape index (κ1) is 23.9. The third-order valence-corrected chi connectivity index (χ3v) is 5.31. The molecule has 0 atom stereocenters. The average Bonchev–Trinajstić information content (AvgIpc) is 2.83. The van der Waals surface area contributed by atoms with Crippen LogP contribution in [0.3, 0.4) is 0 Å². The first-order valence-electron chi connectivity index (χ1n) is 10.7. The molecule has 33 heavy (non-hydrogen) atoms. The van der Waals surface area contributed by atoms with E-state index in [1.807, 2.05) is 66.7 Å². The number of nitrogens with one attached hydrogen (secondary N) is 1. The molecular weight excluding hydrogens is 434 g/mol. The number of nitrogens with zero attached hydrogens (tertiary/aromatic N) is 1. The number of nitrogens with two attached hydrogens (primary N) is 1. The zero-order chi connectivity index (χ0) is 23.5. The minimum atomic E-state index is -0.428. The van der Waals surface area contributed by atoms with Gasteiger partial charge in [0.25, 0.3) is 5.91 Å². The zero-order valence-electron chi connectivity index (χ0n) is 18.3. The maximum absolute atomic E-state index is 12.8. The fraction of sp³-hybridized carbons (Fsp3) is 0.192. The Hall–Kier alpha value is -3.71. The van der Waals surface area contributed by atoms with E-state index in [-0.39, 0.29) is 17.4 Å². The van der Waals surface area contributed by atoms with Crippen molar-refractivity contribution in [3.05, 3.63) is 102 Å². The molecule has 0 aliphatic heterocycles. The van der Waals surface area contributed by atoms with Gasteiger partial charge in [-0.2, -0.15) is 0 Å². The number of amides is 2. The molecule has 0 saturated carbocycles. The van der Waals surface area contributed by atoms with E-state index in [2.05, 4.69) is 5.32 Å². The number of rotatable bonds is 10. The summed E-state index contributed by atoms with van der Waals surface area (Å²) >= 11 is 5.47. The quantitative estimate of drug-likeness (QED) is 0.450. The fourth-order valence-electron chi connectivity index (χ4n) is 3.21. The molecule has 3 aromatic carbocycles. The summed E-state index contributed by atoms with van der Waals surface area (Å²) in [5, 5.41) is 3.00. The normalized spacial score (nSPS) is 10.3. The van der Waals surface area contributed by atoms with Crippen molar-refractivity contribution in [2.75, 3.05) is 13.2 Å². The monoisotopic (exact) mass is 461 g/mol. The number of carbonyl (C=O) groups is 2. The SMILES string of the molecule is NC(=O)CCN(Cc1ccccc1)C(=S)NC(=O)c1cccc(OCCc2ccccc2)c1. The summed E-state index contributed by atoms with van der Waals surface area (Å²) in [5.74, 6) is -0.160. The van der Waals surface area contributed by atoms with Gasteiger partial charge in [-0.05, 0) is 41.5 Å². The lowest BCUT2D eigenvalue weighted by Crippen LogP contribution is -2.43. The van der Waals surface area contributed by atoms with Crippen molar-refractivity contribution in [1.82, 2.24) is 10.2 Å². The number of primary amides is 1. The van der Waals surface area contributed by atoms with E-state index in [1.165, 1.54) is 5.56 Å². The first-order valence-corrected chi connectivity index (χ1v) is 11.1. The molecule has 0 radical (unpaired) electrons. The summed E-state index contributed by atoms with van der Waals surface area (Å²) in [6.07, 6.45) is 0.906. The third-order valence-electron chi connectivity index (χ3n) is 4.95. The van der Waals surface area contributed by atoms with Crippen molar-refractivity contribution < 1.29 is 14.3 Å². The van der Waals surface area contributed by atoms with Crippen molar-refractivity contribution in [2.45, 2.75) is 19.4 Å². The van der Waals surface area contributed by atoms with E-state index in [4.69, 9.17) is 22.7 Å². The molecule has 0 unspecified atom stereocenters. The number of carbonyl (C=O) groups excluding carboxylic acids is 2. The van der Waals surface area contributed by atoms with Crippen molar-refractivity contribution in [3.63, 3.8) is 0 Å². The summed E-state index contributed by atoms with van der Waals surface area (Å²) in [6.45, 7) is 1.27. The Bertz CT molecular complexity index is 1070. The molecule has 0 aliphatic carbocycles. The molecule has 7 heteroatoms. The topological polar surface area (TPSA) is 84.7 Å². The highest BCUT2D eigenvalue weighted by Crippen LogP contribution is 2.14. The molecule has 0 fully saturated rings. The van der Waals surface area contributed by atoms with Crippen LogP contribution in [0.4, 0.5) is 0 Å². The molecule has 0 aromatic heterocycles. The van der Waals surface area contributed by atoms with Crippen LogP contribution in [-0.4, -0.2) is 35.0 Å². The molecule has 3 rings (SSSR count). The van der Waals surface area contributed by atoms with E-state index in [1.54, 1.807) is 23.1 Å². The van der Waals surface area contributed by atoms with E-state index in [9.17, 15) is 9.59 Å². The molecule has 2 amide bonds. The van der Waals surface area contributed by atoms with Gasteiger partial charge >= 0.3 is 0 Å². The largest absolute Gasteiger partial charge is 0.493 e. The lowest BCUT2D eigenvalue weighted by molar-refractivity contribution is -0.118. The lowest BCUT2D eigenvalue weighted by atomic mass is 10.2. The molecule has 0 saturated heterocycles. The molecule has 3 aromatic rings. The Kier molecular flexibility index (Phi) is 8.97. The summed E-state index contributed by atoms with van der Waals surface area (Å²) in [5.41, 5.74) is 7.94. The van der Waals surface area contributed by atoms with Gasteiger partial charge < -0.3 is 15.4 Å². The highest BCUT2D eigenvalue weighted by molar-refractivity contribution is 7.80. The van der Waals surface area contributed by atoms with Gasteiger partial charge in [0.1, 0.15) is 5.75 Å². The minimum Gasteiger partial charge on any atom is -0.493 e. The number of hydrogen-bond donors (Lipinski definition) is 2. The number of ether oxygens (including phenoxy) is 1. The minimum absolute atomic E-state index is 0.133. The van der Waals surface area contributed by atoms with Gasteiger partial charge in [0.15, 0.2) is 5.11 Å². The second-order valence-electron chi connectivity index (χ2n) is 7.49. The number of hydrogen-bond acceptors (Lipinski definition) is 4. The van der Waals surface area contributed by atoms with E-state index in [0.717, 1.165) is 12.0 Å². The summed E-state index contributed by atoms with van der Waals surface area (Å²) < 4.78 is 5.82. The van der Waals surface area contributed by atoms with Crippen LogP contribution in [0.15, 0.2) is 84.9 Å². The van der Waals surface area contributed by atoms with E-state index < -0.39 is 5.91 Å². The Morgan fingerprint density at radius 2 is 1.58 bits per heavy atom. The Balaban J connectivity index is 1.59. The van der Waals surface area contributed by atoms with Gasteiger partial charge in [-0.25, -0.2) is 0 Å². The summed E-state index contributed by atoms with van der Waals surface area (Å²) in [6, 6.07) is 26.7. The summed E-state index contributed by atoms with van der Waals surface area (Å²) in [4.78, 5) is 25.9. The Morgan fingerprint density at radius 1 is 0.909 bits per heavy atom. The molecule has 170 valence electrons. The van der Waals surface area contributed by atoms with Crippen LogP contribution in [0.2, 0.25) is 0 Å². The van der Waals surface area contributed by atoms with Gasteiger partial charge in [0.2, 0.25) is 5.91 Å². The van der Waals surface area contributed by atoms with Crippen LogP contribution in [0.1, 0.15) is 27.9 Å². The number of thiocarbonyl (C=S) groups is 1. The Labute approximate surface area is 199 Å². The molecule has 6 nitrogen and oxygen atoms in total. The summed E-state index contributed by atoms with van der Waals surface area (Å²) in [7, 11) is 0. The average molecular weight is 462 g/mol. The first-order chi connectivity index (χ1) is 16.0. The highest BCUT2D eigenvalue weighted by atomic mass is 32.1. The smallest absolute Gasteiger partial charge is 0.257 e. The van der Waals surface area contributed by atoms with E-state index in [0.29, 0.717) is 31.0 Å². The lowest BCUT2D eigenvalue weighted by Gasteiger charge is -2.25. The molecule has 0 aliphatic rings. The Morgan fingerprint density at radius 3 is 2.24 bits per heavy atom. The zero-order valence-corrected chi connectivity index (χ0v) is 19.1. The van der Waals surface area contributed by atoms with Crippen LogP contribution < -0.4 is 15.8 Å².